The van der Waals surface area contributed by atoms with Crippen molar-refractivity contribution in [1.82, 2.24) is 0 Å². The van der Waals surface area contributed by atoms with Crippen molar-refractivity contribution >= 4 is 29.0 Å². The number of rotatable bonds is 5. The Morgan fingerprint density at radius 1 is 0.708 bits per heavy atom. The van der Waals surface area contributed by atoms with E-state index in [2.05, 4.69) is 0 Å². The zero-order valence-electron chi connectivity index (χ0n) is 13.1. The Morgan fingerprint density at radius 2 is 1.17 bits per heavy atom. The van der Waals surface area contributed by atoms with Gasteiger partial charge < -0.3 is 0 Å². The van der Waals surface area contributed by atoms with Crippen molar-refractivity contribution < 1.29 is 4.79 Å². The van der Waals surface area contributed by atoms with Gasteiger partial charge in [0.25, 0.3) is 5.91 Å². The van der Waals surface area contributed by atoms with Crippen molar-refractivity contribution in [3.63, 3.8) is 0 Å². The quantitative estimate of drug-likeness (QED) is 0.444. The standard InChI is InChI=1S/C21H17NOS/c23-21(16-17-24-20-14-8-3-9-15-20)22(18-10-4-1-5-11-18)19-12-6-2-7-13-19/h1-17H/b17-16+. The molecule has 0 N–H and O–H groups in total. The second-order valence-electron chi connectivity index (χ2n) is 5.08. The lowest BCUT2D eigenvalue weighted by Crippen LogP contribution is -2.23. The van der Waals surface area contributed by atoms with Crippen molar-refractivity contribution in [2.24, 2.45) is 0 Å². The first-order chi connectivity index (χ1) is 11.8. The van der Waals surface area contributed by atoms with Gasteiger partial charge in [-0.15, -0.1) is 0 Å². The molecule has 3 aromatic rings. The van der Waals surface area contributed by atoms with Gasteiger partial charge in [-0.1, -0.05) is 66.4 Å². The summed E-state index contributed by atoms with van der Waals surface area (Å²) in [5.74, 6) is -0.0733. The van der Waals surface area contributed by atoms with Crippen molar-refractivity contribution in [2.75, 3.05) is 4.90 Å². The molecule has 3 heteroatoms. The molecule has 3 rings (SSSR count). The molecule has 0 radical (unpaired) electrons. The van der Waals surface area contributed by atoms with Crippen LogP contribution < -0.4 is 4.90 Å². The van der Waals surface area contributed by atoms with E-state index >= 15 is 0 Å². The SMILES string of the molecule is O=C(/C=C/Sc1ccccc1)N(c1ccccc1)c1ccccc1. The van der Waals surface area contributed by atoms with E-state index in [0.29, 0.717) is 0 Å². The van der Waals surface area contributed by atoms with E-state index in [9.17, 15) is 4.79 Å². The van der Waals surface area contributed by atoms with Crippen LogP contribution in [0.3, 0.4) is 0 Å². The Kier molecular flexibility index (Phi) is 5.48. The Morgan fingerprint density at radius 3 is 1.67 bits per heavy atom. The largest absolute Gasteiger partial charge is 0.278 e. The summed E-state index contributed by atoms with van der Waals surface area (Å²) in [6.45, 7) is 0. The zero-order valence-corrected chi connectivity index (χ0v) is 13.9. The highest BCUT2D eigenvalue weighted by Gasteiger charge is 2.14. The van der Waals surface area contributed by atoms with Gasteiger partial charge in [-0.2, -0.15) is 0 Å². The number of hydrogen-bond acceptors (Lipinski definition) is 2. The first-order valence-corrected chi connectivity index (χ1v) is 8.55. The molecule has 24 heavy (non-hydrogen) atoms. The van der Waals surface area contributed by atoms with Crippen molar-refractivity contribution in [3.05, 3.63) is 102 Å². The van der Waals surface area contributed by atoms with Crippen LogP contribution in [0.1, 0.15) is 0 Å². The van der Waals surface area contributed by atoms with Crippen LogP contribution >= 0.6 is 11.8 Å². The second-order valence-corrected chi connectivity index (χ2v) is 6.06. The number of benzene rings is 3. The van der Waals surface area contributed by atoms with E-state index in [0.717, 1.165) is 16.3 Å². The summed E-state index contributed by atoms with van der Waals surface area (Å²) in [5, 5.41) is 1.83. The number of amides is 1. The number of carbonyl (C=O) groups is 1. The molecule has 0 atom stereocenters. The highest BCUT2D eigenvalue weighted by atomic mass is 32.2. The van der Waals surface area contributed by atoms with Crippen LogP contribution in [0.5, 0.6) is 0 Å². The third-order valence-corrected chi connectivity index (χ3v) is 4.22. The molecule has 2 nitrogen and oxygen atoms in total. The van der Waals surface area contributed by atoms with Crippen molar-refractivity contribution in [2.45, 2.75) is 4.90 Å². The Balaban J connectivity index is 1.82. The maximum atomic E-state index is 12.8. The van der Waals surface area contributed by atoms with Gasteiger partial charge in [0.15, 0.2) is 0 Å². The smallest absolute Gasteiger partial charge is 0.256 e. The molecular formula is C21H17NOS. The molecule has 0 aliphatic heterocycles. The van der Waals surface area contributed by atoms with Crippen molar-refractivity contribution in [3.8, 4) is 0 Å². The van der Waals surface area contributed by atoms with Crippen LogP contribution in [-0.4, -0.2) is 5.91 Å². The summed E-state index contributed by atoms with van der Waals surface area (Å²) < 4.78 is 0. The fraction of sp³-hybridized carbons (Fsp3) is 0. The minimum atomic E-state index is -0.0733. The fourth-order valence-corrected chi connectivity index (χ4v) is 2.96. The highest BCUT2D eigenvalue weighted by Crippen LogP contribution is 2.26. The lowest BCUT2D eigenvalue weighted by Gasteiger charge is -2.21. The molecule has 0 aliphatic carbocycles. The predicted octanol–water partition coefficient (Wildman–Crippen LogP) is 5.66. The van der Waals surface area contributed by atoms with Gasteiger partial charge in [0.2, 0.25) is 0 Å². The monoisotopic (exact) mass is 331 g/mol. The number of para-hydroxylation sites is 2. The van der Waals surface area contributed by atoms with E-state index in [1.807, 2.05) is 96.4 Å². The molecular weight excluding hydrogens is 314 g/mol. The fourth-order valence-electron chi connectivity index (χ4n) is 2.30. The van der Waals surface area contributed by atoms with E-state index < -0.39 is 0 Å². The first-order valence-electron chi connectivity index (χ1n) is 7.67. The third-order valence-electron chi connectivity index (χ3n) is 3.41. The number of carbonyl (C=O) groups excluding carboxylic acids is 1. The average Bonchev–Trinajstić information content (AvgIpc) is 2.65. The minimum absolute atomic E-state index is 0.0733. The molecule has 3 aromatic carbocycles. The molecule has 0 fully saturated rings. The summed E-state index contributed by atoms with van der Waals surface area (Å²) in [7, 11) is 0. The number of thioether (sulfide) groups is 1. The van der Waals surface area contributed by atoms with Gasteiger partial charge >= 0.3 is 0 Å². The lowest BCUT2D eigenvalue weighted by atomic mass is 10.2. The van der Waals surface area contributed by atoms with E-state index in [4.69, 9.17) is 0 Å². The Labute approximate surface area is 146 Å². The van der Waals surface area contributed by atoms with Crippen LogP contribution in [0.4, 0.5) is 11.4 Å². The predicted molar refractivity (Wildman–Crippen MR) is 101 cm³/mol. The summed E-state index contributed by atoms with van der Waals surface area (Å²) in [6.07, 6.45) is 1.61. The van der Waals surface area contributed by atoms with Crippen LogP contribution in [0.15, 0.2) is 107 Å². The number of nitrogens with zero attached hydrogens (tertiary/aromatic N) is 1. The minimum Gasteiger partial charge on any atom is -0.278 e. The molecule has 0 saturated carbocycles. The van der Waals surface area contributed by atoms with Crippen LogP contribution in [-0.2, 0) is 4.79 Å². The molecule has 0 spiro atoms. The molecule has 118 valence electrons. The molecule has 0 aliphatic rings. The third kappa shape index (κ3) is 4.15. The van der Waals surface area contributed by atoms with Crippen LogP contribution in [0.25, 0.3) is 0 Å². The molecule has 1 amide bonds. The molecule has 0 saturated heterocycles. The topological polar surface area (TPSA) is 20.3 Å². The van der Waals surface area contributed by atoms with Gasteiger partial charge in [-0.3, -0.25) is 9.69 Å². The van der Waals surface area contributed by atoms with Crippen molar-refractivity contribution in [1.29, 1.82) is 0 Å². The number of anilines is 2. The normalized spacial score (nSPS) is 10.7. The summed E-state index contributed by atoms with van der Waals surface area (Å²) in [5.41, 5.74) is 1.70. The van der Waals surface area contributed by atoms with E-state index in [1.54, 1.807) is 11.0 Å². The maximum absolute atomic E-state index is 12.8. The van der Waals surface area contributed by atoms with Gasteiger partial charge in [0.05, 0.1) is 0 Å². The van der Waals surface area contributed by atoms with Gasteiger partial charge in [-0.05, 0) is 41.8 Å². The summed E-state index contributed by atoms with van der Waals surface area (Å²) in [4.78, 5) is 15.6. The lowest BCUT2D eigenvalue weighted by molar-refractivity contribution is -0.113. The van der Waals surface area contributed by atoms with Crippen LogP contribution in [0.2, 0.25) is 0 Å². The molecule has 0 aromatic heterocycles. The highest BCUT2D eigenvalue weighted by molar-refractivity contribution is 8.02. The molecule has 0 heterocycles. The maximum Gasteiger partial charge on any atom is 0.256 e. The van der Waals surface area contributed by atoms with Crippen LogP contribution in [0, 0.1) is 0 Å². The molecule has 0 unspecified atom stereocenters. The van der Waals surface area contributed by atoms with E-state index in [-0.39, 0.29) is 5.91 Å². The summed E-state index contributed by atoms with van der Waals surface area (Å²) >= 11 is 1.53. The average molecular weight is 331 g/mol. The zero-order chi connectivity index (χ0) is 16.6. The number of hydrogen-bond donors (Lipinski definition) is 0. The van der Waals surface area contributed by atoms with Gasteiger partial charge in [0, 0.05) is 22.3 Å². The Bertz CT molecular complexity index is 762. The second kappa shape index (κ2) is 8.18. The van der Waals surface area contributed by atoms with E-state index in [1.165, 1.54) is 11.8 Å². The first kappa shape index (κ1) is 16.1. The Hall–Kier alpha value is -2.78. The summed E-state index contributed by atoms with van der Waals surface area (Å²) in [6, 6.07) is 29.3. The van der Waals surface area contributed by atoms with Gasteiger partial charge in [-0.25, -0.2) is 0 Å². The molecule has 0 bridgehead atoms. The van der Waals surface area contributed by atoms with Gasteiger partial charge in [0.1, 0.15) is 0 Å².